The molecule has 1 amide bonds. The van der Waals surface area contributed by atoms with E-state index < -0.39 is 0 Å². The first-order chi connectivity index (χ1) is 15.1. The quantitative estimate of drug-likeness (QED) is 0.647. The van der Waals surface area contributed by atoms with Gasteiger partial charge in [0.25, 0.3) is 5.91 Å². The molecule has 3 aromatic rings. The molecule has 0 spiro atoms. The number of piperazine rings is 1. The van der Waals surface area contributed by atoms with Crippen LogP contribution in [0, 0.1) is 6.92 Å². The summed E-state index contributed by atoms with van der Waals surface area (Å²) in [6.07, 6.45) is 0. The second-order valence-electron chi connectivity index (χ2n) is 7.94. The predicted octanol–water partition coefficient (Wildman–Crippen LogP) is 3.24. The first-order valence-electron chi connectivity index (χ1n) is 10.5. The Morgan fingerprint density at radius 3 is 2.65 bits per heavy atom. The number of hydrogen-bond donors (Lipinski definition) is 0. The molecule has 2 aliphatic rings. The Hall–Kier alpha value is -3.32. The summed E-state index contributed by atoms with van der Waals surface area (Å²) in [7, 11) is 1.64. The van der Waals surface area contributed by atoms with Gasteiger partial charge in [0, 0.05) is 38.1 Å². The maximum absolute atomic E-state index is 13.2. The van der Waals surface area contributed by atoms with E-state index in [1.807, 2.05) is 48.2 Å². The molecule has 0 saturated carbocycles. The summed E-state index contributed by atoms with van der Waals surface area (Å²) in [6, 6.07) is 13.7. The lowest BCUT2D eigenvalue weighted by atomic mass is 10.1. The molecule has 7 nitrogen and oxygen atoms in total. The van der Waals surface area contributed by atoms with Crippen LogP contribution in [0.2, 0.25) is 0 Å². The van der Waals surface area contributed by atoms with Gasteiger partial charge in [-0.3, -0.25) is 14.7 Å². The summed E-state index contributed by atoms with van der Waals surface area (Å²) < 4.78 is 16.2. The highest BCUT2D eigenvalue weighted by molar-refractivity contribution is 5.98. The highest BCUT2D eigenvalue weighted by atomic mass is 16.7. The van der Waals surface area contributed by atoms with Crippen molar-refractivity contribution >= 4 is 16.8 Å². The van der Waals surface area contributed by atoms with E-state index in [2.05, 4.69) is 16.0 Å². The first kappa shape index (κ1) is 19.6. The van der Waals surface area contributed by atoms with E-state index >= 15 is 0 Å². The van der Waals surface area contributed by atoms with Gasteiger partial charge in [-0.2, -0.15) is 0 Å². The van der Waals surface area contributed by atoms with Crippen LogP contribution >= 0.6 is 0 Å². The molecule has 0 N–H and O–H groups in total. The molecular formula is C24H25N3O4. The van der Waals surface area contributed by atoms with Gasteiger partial charge in [-0.25, -0.2) is 0 Å². The largest absolute Gasteiger partial charge is 0.497 e. The number of carbonyl (C=O) groups is 1. The number of nitrogens with zero attached hydrogens (tertiary/aromatic N) is 3. The molecule has 1 fully saturated rings. The Morgan fingerprint density at radius 2 is 1.84 bits per heavy atom. The second-order valence-corrected chi connectivity index (χ2v) is 7.94. The van der Waals surface area contributed by atoms with Gasteiger partial charge in [-0.1, -0.05) is 6.07 Å². The maximum Gasteiger partial charge on any atom is 0.255 e. The molecular weight excluding hydrogens is 394 g/mol. The lowest BCUT2D eigenvalue weighted by Crippen LogP contribution is -2.48. The number of pyridine rings is 1. The third kappa shape index (κ3) is 3.88. The van der Waals surface area contributed by atoms with Crippen molar-refractivity contribution in [3.8, 4) is 17.2 Å². The highest BCUT2D eigenvalue weighted by Gasteiger charge is 2.24. The molecule has 0 unspecified atom stereocenters. The van der Waals surface area contributed by atoms with E-state index in [0.29, 0.717) is 18.7 Å². The van der Waals surface area contributed by atoms with E-state index in [9.17, 15) is 4.79 Å². The van der Waals surface area contributed by atoms with E-state index in [-0.39, 0.29) is 12.7 Å². The van der Waals surface area contributed by atoms with Crippen LogP contribution in [0.5, 0.6) is 17.2 Å². The van der Waals surface area contributed by atoms with Gasteiger partial charge in [-0.05, 0) is 48.9 Å². The summed E-state index contributed by atoms with van der Waals surface area (Å²) in [5, 5.41) is 0.912. The third-order valence-electron chi connectivity index (χ3n) is 5.95. The van der Waals surface area contributed by atoms with Gasteiger partial charge in [-0.15, -0.1) is 0 Å². The SMILES string of the molecule is COc1ccc2nc(C)c(C(=O)N3CCN(Cc4ccc5c(c4)OCO5)CC3)cc2c1. The van der Waals surface area contributed by atoms with Gasteiger partial charge in [0.05, 0.1) is 23.9 Å². The molecule has 2 aliphatic heterocycles. The van der Waals surface area contributed by atoms with Crippen molar-refractivity contribution in [2.24, 2.45) is 0 Å². The Bertz CT molecular complexity index is 1140. The molecule has 0 bridgehead atoms. The summed E-state index contributed by atoms with van der Waals surface area (Å²) in [5.74, 6) is 2.41. The molecule has 1 aromatic heterocycles. The summed E-state index contributed by atoms with van der Waals surface area (Å²) in [4.78, 5) is 22.1. The van der Waals surface area contributed by atoms with Crippen LogP contribution in [0.1, 0.15) is 21.6 Å². The minimum absolute atomic E-state index is 0.0393. The van der Waals surface area contributed by atoms with Crippen molar-refractivity contribution in [2.75, 3.05) is 40.1 Å². The minimum Gasteiger partial charge on any atom is -0.497 e. The van der Waals surface area contributed by atoms with Gasteiger partial charge < -0.3 is 19.1 Å². The first-order valence-corrected chi connectivity index (χ1v) is 10.5. The van der Waals surface area contributed by atoms with Gasteiger partial charge in [0.2, 0.25) is 6.79 Å². The fourth-order valence-electron chi connectivity index (χ4n) is 4.17. The molecule has 7 heteroatoms. The van der Waals surface area contributed by atoms with Crippen molar-refractivity contribution in [2.45, 2.75) is 13.5 Å². The molecule has 2 aromatic carbocycles. The number of methoxy groups -OCH3 is 1. The van der Waals surface area contributed by atoms with Crippen molar-refractivity contribution < 1.29 is 19.0 Å². The standard InChI is InChI=1S/C24H25N3O4/c1-16-20(13-18-12-19(29-2)4-5-21(18)25-16)24(28)27-9-7-26(8-10-27)14-17-3-6-22-23(11-17)31-15-30-22/h3-6,11-13H,7-10,14-15H2,1-2H3. The smallest absolute Gasteiger partial charge is 0.255 e. The molecule has 5 rings (SSSR count). The minimum atomic E-state index is 0.0393. The van der Waals surface area contributed by atoms with Crippen LogP contribution in [0.25, 0.3) is 10.9 Å². The average Bonchev–Trinajstić information content (AvgIpc) is 3.26. The second kappa shape index (κ2) is 8.07. The summed E-state index contributed by atoms with van der Waals surface area (Å²) in [6.45, 7) is 6.05. The van der Waals surface area contributed by atoms with Crippen LogP contribution in [0.3, 0.4) is 0 Å². The number of fused-ring (bicyclic) bond motifs is 2. The van der Waals surface area contributed by atoms with Crippen LogP contribution < -0.4 is 14.2 Å². The van der Waals surface area contributed by atoms with E-state index in [0.717, 1.165) is 53.5 Å². The van der Waals surface area contributed by atoms with E-state index in [1.54, 1.807) is 7.11 Å². The van der Waals surface area contributed by atoms with Crippen molar-refractivity contribution in [3.05, 3.63) is 59.3 Å². The monoisotopic (exact) mass is 419 g/mol. The Balaban J connectivity index is 1.26. The van der Waals surface area contributed by atoms with E-state index in [4.69, 9.17) is 14.2 Å². The number of hydrogen-bond acceptors (Lipinski definition) is 6. The fourth-order valence-corrected chi connectivity index (χ4v) is 4.17. The molecule has 160 valence electrons. The summed E-state index contributed by atoms with van der Waals surface area (Å²) >= 11 is 0. The van der Waals surface area contributed by atoms with Crippen LogP contribution in [0.4, 0.5) is 0 Å². The van der Waals surface area contributed by atoms with Gasteiger partial charge in [0.1, 0.15) is 5.75 Å². The lowest BCUT2D eigenvalue weighted by molar-refractivity contribution is 0.0627. The maximum atomic E-state index is 13.2. The van der Waals surface area contributed by atoms with E-state index in [1.165, 1.54) is 5.56 Å². The van der Waals surface area contributed by atoms with Crippen LogP contribution in [0.15, 0.2) is 42.5 Å². The van der Waals surface area contributed by atoms with Gasteiger partial charge in [0.15, 0.2) is 11.5 Å². The Kier molecular flexibility index (Phi) is 5.11. The zero-order valence-electron chi connectivity index (χ0n) is 17.8. The zero-order chi connectivity index (χ0) is 21.4. The number of amides is 1. The van der Waals surface area contributed by atoms with Crippen molar-refractivity contribution in [3.63, 3.8) is 0 Å². The lowest BCUT2D eigenvalue weighted by Gasteiger charge is -2.35. The number of carbonyl (C=O) groups excluding carboxylic acids is 1. The molecule has 0 aliphatic carbocycles. The van der Waals surface area contributed by atoms with Gasteiger partial charge >= 0.3 is 0 Å². The fraction of sp³-hybridized carbons (Fsp3) is 0.333. The summed E-state index contributed by atoms with van der Waals surface area (Å²) in [5.41, 5.74) is 3.46. The zero-order valence-corrected chi connectivity index (χ0v) is 17.8. The molecule has 31 heavy (non-hydrogen) atoms. The number of aryl methyl sites for hydroxylation is 1. The molecule has 1 saturated heterocycles. The Morgan fingerprint density at radius 1 is 1.03 bits per heavy atom. The van der Waals surface area contributed by atoms with Crippen molar-refractivity contribution in [1.29, 1.82) is 0 Å². The third-order valence-corrected chi connectivity index (χ3v) is 5.95. The van der Waals surface area contributed by atoms with Crippen molar-refractivity contribution in [1.82, 2.24) is 14.8 Å². The number of rotatable bonds is 4. The molecule has 0 atom stereocenters. The number of ether oxygens (including phenoxy) is 3. The Labute approximate surface area is 181 Å². The number of benzene rings is 2. The number of aromatic nitrogens is 1. The topological polar surface area (TPSA) is 64.1 Å². The van der Waals surface area contributed by atoms with Crippen LogP contribution in [-0.4, -0.2) is 60.8 Å². The molecule has 0 radical (unpaired) electrons. The normalized spacial score (nSPS) is 16.0. The average molecular weight is 419 g/mol. The predicted molar refractivity (Wildman–Crippen MR) is 117 cm³/mol. The highest BCUT2D eigenvalue weighted by Crippen LogP contribution is 2.33. The van der Waals surface area contributed by atoms with Crippen LogP contribution in [-0.2, 0) is 6.54 Å². The molecule has 3 heterocycles.